The summed E-state index contributed by atoms with van der Waals surface area (Å²) in [7, 11) is 0. The Hall–Kier alpha value is -1.52. The van der Waals surface area contributed by atoms with Gasteiger partial charge in [0.2, 0.25) is 6.10 Å². The van der Waals surface area contributed by atoms with Crippen molar-refractivity contribution in [2.45, 2.75) is 45.4 Å². The Kier molecular flexibility index (Phi) is 4.84. The Bertz CT molecular complexity index is 450. The van der Waals surface area contributed by atoms with Gasteiger partial charge in [-0.05, 0) is 5.56 Å². The smallest absolute Gasteiger partial charge is 0.426 e. The lowest BCUT2D eigenvalue weighted by molar-refractivity contribution is -0.237. The third-order valence-corrected chi connectivity index (χ3v) is 3.18. The predicted octanol–water partition coefficient (Wildman–Crippen LogP) is 4.09. The van der Waals surface area contributed by atoms with Crippen LogP contribution in [0.2, 0.25) is 0 Å². The maximum atomic E-state index is 13.2. The van der Waals surface area contributed by atoms with E-state index < -0.39 is 29.6 Å². The van der Waals surface area contributed by atoms with E-state index in [1.165, 1.54) is 27.7 Å². The summed E-state index contributed by atoms with van der Waals surface area (Å²) in [6.07, 6.45) is -6.79. The Labute approximate surface area is 116 Å². The van der Waals surface area contributed by atoms with Gasteiger partial charge in [0.15, 0.2) is 0 Å². The highest BCUT2D eigenvalue weighted by Crippen LogP contribution is 2.39. The van der Waals surface area contributed by atoms with Crippen LogP contribution in [0.4, 0.5) is 13.2 Å². The quantitative estimate of drug-likeness (QED) is 0.780. The van der Waals surface area contributed by atoms with Crippen LogP contribution < -0.4 is 0 Å². The molecule has 0 unspecified atom stereocenters. The van der Waals surface area contributed by atoms with Crippen molar-refractivity contribution in [3.8, 4) is 0 Å². The van der Waals surface area contributed by atoms with Crippen molar-refractivity contribution >= 4 is 5.97 Å². The first-order valence-corrected chi connectivity index (χ1v) is 6.39. The molecule has 0 aliphatic heterocycles. The van der Waals surface area contributed by atoms with Crippen LogP contribution in [0.1, 0.15) is 33.3 Å². The van der Waals surface area contributed by atoms with E-state index in [4.69, 9.17) is 4.74 Å². The highest BCUT2D eigenvalue weighted by molar-refractivity contribution is 5.72. The summed E-state index contributed by atoms with van der Waals surface area (Å²) in [5.41, 5.74) is -0.886. The minimum Gasteiger partial charge on any atom is -0.452 e. The van der Waals surface area contributed by atoms with Crippen LogP contribution in [0.3, 0.4) is 0 Å². The summed E-state index contributed by atoms with van der Waals surface area (Å²) >= 11 is 0. The summed E-state index contributed by atoms with van der Waals surface area (Å²) in [6, 6.07) is 8.25. The normalized spacial score (nSPS) is 14.2. The Morgan fingerprint density at radius 3 is 2.00 bits per heavy atom. The molecule has 1 atom stereocenters. The predicted molar refractivity (Wildman–Crippen MR) is 70.2 cm³/mol. The molecule has 1 aromatic rings. The fourth-order valence-corrected chi connectivity index (χ4v) is 1.89. The standard InChI is InChI=1S/C15H19F3O2/c1-10(2)12(19)20-13(15(16,17)18)14(3,4)11-8-6-5-7-9-11/h5-10,13H,1-4H3/t13-/m1/s1. The second-order valence-corrected chi connectivity index (χ2v) is 5.60. The fourth-order valence-electron chi connectivity index (χ4n) is 1.89. The second-order valence-electron chi connectivity index (χ2n) is 5.60. The van der Waals surface area contributed by atoms with Crippen LogP contribution in [-0.2, 0) is 14.9 Å². The number of alkyl halides is 3. The van der Waals surface area contributed by atoms with E-state index in [0.29, 0.717) is 5.56 Å². The number of rotatable bonds is 4. The number of halogens is 3. The maximum Gasteiger partial charge on any atom is 0.426 e. The van der Waals surface area contributed by atoms with Gasteiger partial charge in [-0.15, -0.1) is 0 Å². The van der Waals surface area contributed by atoms with Gasteiger partial charge in [0.1, 0.15) is 0 Å². The minimum atomic E-state index is -4.62. The lowest BCUT2D eigenvalue weighted by atomic mass is 9.79. The molecule has 0 amide bonds. The van der Waals surface area contributed by atoms with Gasteiger partial charge >= 0.3 is 12.1 Å². The van der Waals surface area contributed by atoms with Crippen molar-refractivity contribution in [1.82, 2.24) is 0 Å². The Morgan fingerprint density at radius 2 is 1.60 bits per heavy atom. The number of ether oxygens (including phenoxy) is 1. The molecule has 0 heterocycles. The Balaban J connectivity index is 3.14. The van der Waals surface area contributed by atoms with Gasteiger partial charge in [-0.1, -0.05) is 58.0 Å². The summed E-state index contributed by atoms with van der Waals surface area (Å²) in [4.78, 5) is 11.6. The van der Waals surface area contributed by atoms with Crippen LogP contribution in [0.5, 0.6) is 0 Å². The van der Waals surface area contributed by atoms with E-state index in [-0.39, 0.29) is 0 Å². The number of carbonyl (C=O) groups is 1. The first-order valence-electron chi connectivity index (χ1n) is 6.39. The van der Waals surface area contributed by atoms with Gasteiger partial charge in [0, 0.05) is 5.41 Å². The summed E-state index contributed by atoms with van der Waals surface area (Å²) in [5.74, 6) is -1.46. The zero-order valence-corrected chi connectivity index (χ0v) is 12.0. The summed E-state index contributed by atoms with van der Waals surface area (Å²) in [6.45, 7) is 5.86. The molecule has 0 bridgehead atoms. The molecule has 0 aliphatic carbocycles. The summed E-state index contributed by atoms with van der Waals surface area (Å²) < 4.78 is 44.5. The lowest BCUT2D eigenvalue weighted by Crippen LogP contribution is -2.48. The van der Waals surface area contributed by atoms with Gasteiger partial charge in [-0.3, -0.25) is 4.79 Å². The molecule has 0 aromatic heterocycles. The molecule has 0 radical (unpaired) electrons. The van der Waals surface area contributed by atoms with Gasteiger partial charge in [0.25, 0.3) is 0 Å². The fraction of sp³-hybridized carbons (Fsp3) is 0.533. The van der Waals surface area contributed by atoms with Crippen molar-refractivity contribution in [2.24, 2.45) is 5.92 Å². The van der Waals surface area contributed by atoms with E-state index in [2.05, 4.69) is 0 Å². The third-order valence-electron chi connectivity index (χ3n) is 3.18. The zero-order chi connectivity index (χ0) is 15.6. The minimum absolute atomic E-state index is 0.471. The molecular weight excluding hydrogens is 269 g/mol. The number of hydrogen-bond donors (Lipinski definition) is 0. The third kappa shape index (κ3) is 3.74. The second kappa shape index (κ2) is 5.85. The van der Waals surface area contributed by atoms with Crippen molar-refractivity contribution in [1.29, 1.82) is 0 Å². The van der Waals surface area contributed by atoms with Crippen molar-refractivity contribution in [3.05, 3.63) is 35.9 Å². The molecule has 1 aromatic carbocycles. The average Bonchev–Trinajstić information content (AvgIpc) is 2.34. The van der Waals surface area contributed by atoms with Crippen molar-refractivity contribution in [2.75, 3.05) is 0 Å². The molecule has 0 N–H and O–H groups in total. The molecule has 5 heteroatoms. The molecule has 0 spiro atoms. The van der Waals surface area contributed by atoms with Crippen LogP contribution in [0.25, 0.3) is 0 Å². The van der Waals surface area contributed by atoms with Gasteiger partial charge in [0.05, 0.1) is 5.92 Å². The largest absolute Gasteiger partial charge is 0.452 e. The van der Waals surface area contributed by atoms with Gasteiger partial charge in [-0.25, -0.2) is 0 Å². The van der Waals surface area contributed by atoms with E-state index >= 15 is 0 Å². The monoisotopic (exact) mass is 288 g/mol. The highest BCUT2D eigenvalue weighted by atomic mass is 19.4. The molecule has 0 saturated heterocycles. The molecule has 112 valence electrons. The molecule has 2 nitrogen and oxygen atoms in total. The molecule has 0 fully saturated rings. The average molecular weight is 288 g/mol. The molecular formula is C15H19F3O2. The SMILES string of the molecule is CC(C)C(=O)O[C@@H](C(F)(F)F)C(C)(C)c1ccccc1. The number of hydrogen-bond acceptors (Lipinski definition) is 2. The maximum absolute atomic E-state index is 13.2. The first-order chi connectivity index (χ1) is 9.06. The van der Waals surface area contributed by atoms with E-state index in [9.17, 15) is 18.0 Å². The van der Waals surface area contributed by atoms with E-state index in [0.717, 1.165) is 0 Å². The number of benzene rings is 1. The van der Waals surface area contributed by atoms with Crippen LogP contribution in [0, 0.1) is 5.92 Å². The van der Waals surface area contributed by atoms with E-state index in [1.807, 2.05) is 0 Å². The van der Waals surface area contributed by atoms with Crippen molar-refractivity contribution in [3.63, 3.8) is 0 Å². The van der Waals surface area contributed by atoms with E-state index in [1.54, 1.807) is 30.3 Å². The number of esters is 1. The molecule has 1 rings (SSSR count). The molecule has 0 saturated carbocycles. The van der Waals surface area contributed by atoms with Crippen LogP contribution >= 0.6 is 0 Å². The van der Waals surface area contributed by atoms with Crippen LogP contribution in [-0.4, -0.2) is 18.2 Å². The van der Waals surface area contributed by atoms with Crippen LogP contribution in [0.15, 0.2) is 30.3 Å². The topological polar surface area (TPSA) is 26.3 Å². The van der Waals surface area contributed by atoms with Gasteiger partial charge in [-0.2, -0.15) is 13.2 Å². The first kappa shape index (κ1) is 16.5. The number of carbonyl (C=O) groups excluding carboxylic acids is 1. The highest BCUT2D eigenvalue weighted by Gasteiger charge is 2.52. The molecule has 20 heavy (non-hydrogen) atoms. The molecule has 0 aliphatic rings. The lowest BCUT2D eigenvalue weighted by Gasteiger charge is -2.35. The zero-order valence-electron chi connectivity index (χ0n) is 12.0. The Morgan fingerprint density at radius 1 is 1.10 bits per heavy atom. The summed E-state index contributed by atoms with van der Waals surface area (Å²) in [5, 5.41) is 0. The van der Waals surface area contributed by atoms with Gasteiger partial charge < -0.3 is 4.74 Å². The van der Waals surface area contributed by atoms with Crippen molar-refractivity contribution < 1.29 is 22.7 Å².